The lowest BCUT2D eigenvalue weighted by Gasteiger charge is -2.08. The lowest BCUT2D eigenvalue weighted by Crippen LogP contribution is -2.14. The van der Waals surface area contributed by atoms with Crippen LogP contribution >= 0.6 is 0 Å². The first-order valence-corrected chi connectivity index (χ1v) is 8.39. The summed E-state index contributed by atoms with van der Waals surface area (Å²) < 4.78 is 5.15. The van der Waals surface area contributed by atoms with Gasteiger partial charge in [-0.05, 0) is 35.4 Å². The van der Waals surface area contributed by atoms with E-state index in [9.17, 15) is 4.79 Å². The monoisotopic (exact) mass is 347 g/mol. The molecule has 0 atom stereocenters. The third kappa shape index (κ3) is 5.08. The third-order valence-electron chi connectivity index (χ3n) is 3.89. The molecule has 1 aromatic heterocycles. The molecular formula is C21H21N3O2. The first kappa shape index (κ1) is 17.5. The van der Waals surface area contributed by atoms with Gasteiger partial charge in [0.2, 0.25) is 5.91 Å². The van der Waals surface area contributed by atoms with Crippen LogP contribution in [0.15, 0.2) is 72.9 Å². The summed E-state index contributed by atoms with van der Waals surface area (Å²) in [5.41, 5.74) is 2.80. The summed E-state index contributed by atoms with van der Waals surface area (Å²) in [6.45, 7) is 0.663. The number of hydrogen-bond donors (Lipinski definition) is 2. The Morgan fingerprint density at radius 1 is 0.962 bits per heavy atom. The molecule has 5 heteroatoms. The molecule has 3 aromatic rings. The highest BCUT2D eigenvalue weighted by atomic mass is 16.5. The molecule has 1 heterocycles. The molecule has 3 rings (SSSR count). The van der Waals surface area contributed by atoms with E-state index in [-0.39, 0.29) is 5.91 Å². The zero-order valence-electron chi connectivity index (χ0n) is 14.6. The first-order valence-electron chi connectivity index (χ1n) is 8.39. The van der Waals surface area contributed by atoms with Gasteiger partial charge in [-0.1, -0.05) is 42.5 Å². The van der Waals surface area contributed by atoms with Crippen molar-refractivity contribution in [2.75, 3.05) is 17.7 Å². The van der Waals surface area contributed by atoms with Gasteiger partial charge in [-0.15, -0.1) is 0 Å². The second-order valence-electron chi connectivity index (χ2n) is 5.84. The van der Waals surface area contributed by atoms with Crippen molar-refractivity contribution >= 4 is 17.4 Å². The van der Waals surface area contributed by atoms with E-state index >= 15 is 0 Å². The van der Waals surface area contributed by atoms with Gasteiger partial charge in [0, 0.05) is 6.54 Å². The van der Waals surface area contributed by atoms with Gasteiger partial charge in [0.05, 0.1) is 25.4 Å². The molecule has 0 aliphatic rings. The predicted molar refractivity (Wildman–Crippen MR) is 103 cm³/mol. The van der Waals surface area contributed by atoms with Gasteiger partial charge < -0.3 is 15.4 Å². The van der Waals surface area contributed by atoms with Crippen LogP contribution in [-0.2, 0) is 17.8 Å². The lowest BCUT2D eigenvalue weighted by molar-refractivity contribution is -0.115. The quantitative estimate of drug-likeness (QED) is 0.681. The summed E-state index contributed by atoms with van der Waals surface area (Å²) in [7, 11) is 1.65. The molecule has 26 heavy (non-hydrogen) atoms. The molecule has 1 amide bonds. The summed E-state index contributed by atoms with van der Waals surface area (Å²) in [5.74, 6) is 1.53. The third-order valence-corrected chi connectivity index (χ3v) is 3.89. The van der Waals surface area contributed by atoms with E-state index in [1.165, 1.54) is 0 Å². The number of carbonyl (C=O) groups excluding carboxylic acids is 1. The van der Waals surface area contributed by atoms with Gasteiger partial charge in [0.25, 0.3) is 0 Å². The number of nitrogens with one attached hydrogen (secondary N) is 2. The van der Waals surface area contributed by atoms with Crippen molar-refractivity contribution in [2.45, 2.75) is 13.0 Å². The molecule has 132 valence electrons. The van der Waals surface area contributed by atoms with Crippen molar-refractivity contribution in [3.05, 3.63) is 84.1 Å². The maximum absolute atomic E-state index is 12.1. The highest BCUT2D eigenvalue weighted by molar-refractivity contribution is 5.92. The van der Waals surface area contributed by atoms with Crippen molar-refractivity contribution in [3.63, 3.8) is 0 Å². The maximum Gasteiger partial charge on any atom is 0.228 e. The smallest absolute Gasteiger partial charge is 0.228 e. The molecule has 0 fully saturated rings. The number of carbonyl (C=O) groups is 1. The van der Waals surface area contributed by atoms with Crippen LogP contribution in [0.4, 0.5) is 11.5 Å². The number of aromatic nitrogens is 1. The van der Waals surface area contributed by atoms with Crippen LogP contribution in [-0.4, -0.2) is 18.0 Å². The van der Waals surface area contributed by atoms with Gasteiger partial charge in [0.1, 0.15) is 11.6 Å². The fraction of sp³-hybridized carbons (Fsp3) is 0.143. The lowest BCUT2D eigenvalue weighted by atomic mass is 10.1. The average molecular weight is 347 g/mol. The zero-order valence-corrected chi connectivity index (χ0v) is 14.6. The van der Waals surface area contributed by atoms with Crippen molar-refractivity contribution in [1.29, 1.82) is 0 Å². The number of rotatable bonds is 7. The van der Waals surface area contributed by atoms with E-state index in [0.29, 0.717) is 18.7 Å². The number of nitrogens with zero attached hydrogens (tertiary/aromatic N) is 1. The molecular weight excluding hydrogens is 326 g/mol. The van der Waals surface area contributed by atoms with E-state index in [4.69, 9.17) is 4.74 Å². The van der Waals surface area contributed by atoms with Crippen LogP contribution in [0.5, 0.6) is 5.75 Å². The number of anilines is 2. The highest BCUT2D eigenvalue weighted by Crippen LogP contribution is 2.14. The molecule has 0 aliphatic heterocycles. The number of amides is 1. The average Bonchev–Trinajstić information content (AvgIpc) is 2.68. The largest absolute Gasteiger partial charge is 0.497 e. The number of ether oxygens (including phenoxy) is 1. The number of benzene rings is 2. The van der Waals surface area contributed by atoms with Crippen LogP contribution in [0.1, 0.15) is 11.1 Å². The van der Waals surface area contributed by atoms with Crippen LogP contribution < -0.4 is 15.4 Å². The van der Waals surface area contributed by atoms with Crippen LogP contribution in [0.2, 0.25) is 0 Å². The van der Waals surface area contributed by atoms with Gasteiger partial charge in [-0.2, -0.15) is 0 Å². The van der Waals surface area contributed by atoms with Gasteiger partial charge in [0.15, 0.2) is 0 Å². The first-order chi connectivity index (χ1) is 12.7. The molecule has 2 aromatic carbocycles. The summed E-state index contributed by atoms with van der Waals surface area (Å²) in [4.78, 5) is 16.4. The Morgan fingerprint density at radius 3 is 2.38 bits per heavy atom. The molecule has 0 aliphatic carbocycles. The highest BCUT2D eigenvalue weighted by Gasteiger charge is 2.04. The zero-order chi connectivity index (χ0) is 18.2. The second kappa shape index (κ2) is 8.67. The maximum atomic E-state index is 12.1. The Kier molecular flexibility index (Phi) is 5.83. The fourth-order valence-electron chi connectivity index (χ4n) is 2.49. The molecule has 0 unspecified atom stereocenters. The van der Waals surface area contributed by atoms with Crippen LogP contribution in [0.25, 0.3) is 0 Å². The molecule has 0 radical (unpaired) electrons. The van der Waals surface area contributed by atoms with Crippen molar-refractivity contribution < 1.29 is 9.53 Å². The molecule has 0 saturated heterocycles. The molecule has 5 nitrogen and oxygen atoms in total. The van der Waals surface area contributed by atoms with Crippen LogP contribution in [0, 0.1) is 0 Å². The van der Waals surface area contributed by atoms with E-state index in [1.807, 2.05) is 66.7 Å². The minimum Gasteiger partial charge on any atom is -0.497 e. The summed E-state index contributed by atoms with van der Waals surface area (Å²) in [6.07, 6.45) is 2.00. The molecule has 0 bridgehead atoms. The van der Waals surface area contributed by atoms with E-state index < -0.39 is 0 Å². The Labute approximate surface area is 153 Å². The number of hydrogen-bond acceptors (Lipinski definition) is 4. The Balaban J connectivity index is 1.50. The Bertz CT molecular complexity index is 831. The minimum absolute atomic E-state index is 0.0584. The Morgan fingerprint density at radius 2 is 1.73 bits per heavy atom. The SMILES string of the molecule is COc1ccc(CNc2ccc(NC(=O)Cc3ccccc3)cn2)cc1. The van der Waals surface area contributed by atoms with Gasteiger partial charge in [-0.25, -0.2) is 4.98 Å². The molecule has 0 saturated carbocycles. The van der Waals surface area contributed by atoms with Gasteiger partial charge in [-0.3, -0.25) is 4.79 Å². The summed E-state index contributed by atoms with van der Waals surface area (Å²) >= 11 is 0. The minimum atomic E-state index is -0.0584. The van der Waals surface area contributed by atoms with Crippen molar-refractivity contribution in [2.24, 2.45) is 0 Å². The predicted octanol–water partition coefficient (Wildman–Crippen LogP) is 3.88. The second-order valence-corrected chi connectivity index (χ2v) is 5.84. The van der Waals surface area contributed by atoms with Crippen LogP contribution in [0.3, 0.4) is 0 Å². The van der Waals surface area contributed by atoms with Crippen molar-refractivity contribution in [1.82, 2.24) is 4.98 Å². The summed E-state index contributed by atoms with van der Waals surface area (Å²) in [5, 5.41) is 6.12. The topological polar surface area (TPSA) is 63.2 Å². The molecule has 0 spiro atoms. The normalized spacial score (nSPS) is 10.2. The fourth-order valence-corrected chi connectivity index (χ4v) is 2.49. The van der Waals surface area contributed by atoms with Crippen molar-refractivity contribution in [3.8, 4) is 5.75 Å². The van der Waals surface area contributed by atoms with Gasteiger partial charge >= 0.3 is 0 Å². The standard InChI is InChI=1S/C21H21N3O2/c1-26-19-10-7-17(8-11-19)14-22-20-12-9-18(15-23-20)24-21(25)13-16-5-3-2-4-6-16/h2-12,15H,13-14H2,1H3,(H,22,23)(H,24,25). The van der Waals surface area contributed by atoms with E-state index in [0.717, 1.165) is 22.7 Å². The summed E-state index contributed by atoms with van der Waals surface area (Å²) in [6, 6.07) is 21.2. The number of pyridine rings is 1. The number of methoxy groups -OCH3 is 1. The molecule has 2 N–H and O–H groups in total. The Hall–Kier alpha value is -3.34. The van der Waals surface area contributed by atoms with E-state index in [1.54, 1.807) is 13.3 Å². The van der Waals surface area contributed by atoms with E-state index in [2.05, 4.69) is 15.6 Å².